The van der Waals surface area contributed by atoms with Crippen LogP contribution >= 0.6 is 0 Å². The summed E-state index contributed by atoms with van der Waals surface area (Å²) in [5.74, 6) is 1.06. The van der Waals surface area contributed by atoms with Crippen molar-refractivity contribution in [3.05, 3.63) is 0 Å². The zero-order valence-corrected chi connectivity index (χ0v) is 9.97. The van der Waals surface area contributed by atoms with Crippen molar-refractivity contribution in [2.45, 2.75) is 47.0 Å². The van der Waals surface area contributed by atoms with Crippen LogP contribution in [0.25, 0.3) is 0 Å². The molecule has 1 aliphatic rings. The van der Waals surface area contributed by atoms with Crippen molar-refractivity contribution in [2.75, 3.05) is 13.1 Å². The molecule has 1 fully saturated rings. The van der Waals surface area contributed by atoms with Crippen molar-refractivity contribution < 1.29 is 4.79 Å². The molecule has 1 saturated heterocycles. The monoisotopic (exact) mass is 197 g/mol. The van der Waals surface area contributed by atoms with Crippen LogP contribution in [0.2, 0.25) is 0 Å². The van der Waals surface area contributed by atoms with Gasteiger partial charge in [0.05, 0.1) is 0 Å². The second-order valence-electron chi connectivity index (χ2n) is 5.71. The van der Waals surface area contributed by atoms with Gasteiger partial charge in [-0.2, -0.15) is 0 Å². The Morgan fingerprint density at radius 2 is 1.79 bits per heavy atom. The van der Waals surface area contributed by atoms with Crippen molar-refractivity contribution in [1.29, 1.82) is 0 Å². The second-order valence-corrected chi connectivity index (χ2v) is 5.71. The number of rotatable bonds is 1. The van der Waals surface area contributed by atoms with Crippen molar-refractivity contribution in [3.63, 3.8) is 0 Å². The molecule has 2 nitrogen and oxygen atoms in total. The molecule has 2 heteroatoms. The number of piperidine rings is 1. The van der Waals surface area contributed by atoms with Gasteiger partial charge in [-0.25, -0.2) is 0 Å². The van der Waals surface area contributed by atoms with Gasteiger partial charge in [-0.1, -0.05) is 20.8 Å². The first kappa shape index (κ1) is 11.5. The molecule has 0 radical (unpaired) electrons. The fourth-order valence-electron chi connectivity index (χ4n) is 2.32. The van der Waals surface area contributed by atoms with Crippen molar-refractivity contribution in [3.8, 4) is 0 Å². The Kier molecular flexibility index (Phi) is 3.57. The molecule has 82 valence electrons. The molecule has 0 unspecified atom stereocenters. The van der Waals surface area contributed by atoms with E-state index in [9.17, 15) is 4.79 Å². The molecule has 0 aromatic heterocycles. The molecule has 0 aromatic carbocycles. The largest absolute Gasteiger partial charge is 0.343 e. The predicted molar refractivity (Wildman–Crippen MR) is 59.1 cm³/mol. The lowest BCUT2D eigenvalue weighted by atomic mass is 9.80. The van der Waals surface area contributed by atoms with E-state index in [1.165, 1.54) is 19.3 Å². The highest BCUT2D eigenvalue weighted by Gasteiger charge is 2.24. The van der Waals surface area contributed by atoms with Gasteiger partial charge >= 0.3 is 0 Å². The smallest absolute Gasteiger partial charge is 0.219 e. The van der Waals surface area contributed by atoms with Crippen LogP contribution in [0.1, 0.15) is 47.0 Å². The van der Waals surface area contributed by atoms with Crippen molar-refractivity contribution in [1.82, 2.24) is 4.90 Å². The van der Waals surface area contributed by atoms with Gasteiger partial charge in [-0.15, -0.1) is 0 Å². The van der Waals surface area contributed by atoms with E-state index >= 15 is 0 Å². The Balaban J connectivity index is 2.33. The van der Waals surface area contributed by atoms with Crippen molar-refractivity contribution in [2.24, 2.45) is 11.3 Å². The van der Waals surface area contributed by atoms with Gasteiger partial charge in [0, 0.05) is 20.0 Å². The highest BCUT2D eigenvalue weighted by molar-refractivity contribution is 5.73. The minimum Gasteiger partial charge on any atom is -0.343 e. The molecule has 1 rings (SSSR count). The van der Waals surface area contributed by atoms with Gasteiger partial charge in [0.25, 0.3) is 0 Å². The summed E-state index contributed by atoms with van der Waals surface area (Å²) in [6, 6.07) is 0. The van der Waals surface area contributed by atoms with E-state index in [1.54, 1.807) is 6.92 Å². The first-order valence-corrected chi connectivity index (χ1v) is 5.64. The van der Waals surface area contributed by atoms with Crippen LogP contribution < -0.4 is 0 Å². The van der Waals surface area contributed by atoms with Gasteiger partial charge in [0.1, 0.15) is 0 Å². The van der Waals surface area contributed by atoms with E-state index in [2.05, 4.69) is 20.8 Å². The predicted octanol–water partition coefficient (Wildman–Crippen LogP) is 2.68. The topological polar surface area (TPSA) is 20.3 Å². The third-order valence-corrected chi connectivity index (χ3v) is 2.96. The summed E-state index contributed by atoms with van der Waals surface area (Å²) >= 11 is 0. The highest BCUT2D eigenvalue weighted by atomic mass is 16.2. The Morgan fingerprint density at radius 3 is 2.14 bits per heavy atom. The number of nitrogens with zero attached hydrogens (tertiary/aromatic N) is 1. The molecule has 0 aromatic rings. The van der Waals surface area contributed by atoms with E-state index < -0.39 is 0 Å². The maximum Gasteiger partial charge on any atom is 0.219 e. The normalized spacial score (nSPS) is 19.9. The average Bonchev–Trinajstić information content (AvgIpc) is 2.02. The molecule has 0 atom stereocenters. The average molecular weight is 197 g/mol. The fraction of sp³-hybridized carbons (Fsp3) is 0.917. The molecular formula is C12H23NO. The lowest BCUT2D eigenvalue weighted by Gasteiger charge is -2.34. The van der Waals surface area contributed by atoms with Gasteiger partial charge in [-0.05, 0) is 30.6 Å². The van der Waals surface area contributed by atoms with Crippen LogP contribution in [0.15, 0.2) is 0 Å². The molecule has 0 saturated carbocycles. The van der Waals surface area contributed by atoms with E-state index in [0.717, 1.165) is 19.0 Å². The van der Waals surface area contributed by atoms with E-state index in [1.807, 2.05) is 4.90 Å². The highest BCUT2D eigenvalue weighted by Crippen LogP contribution is 2.30. The zero-order valence-electron chi connectivity index (χ0n) is 9.97. The van der Waals surface area contributed by atoms with Crippen molar-refractivity contribution >= 4 is 5.91 Å². The van der Waals surface area contributed by atoms with Gasteiger partial charge in [-0.3, -0.25) is 4.79 Å². The Bertz CT molecular complexity index is 197. The lowest BCUT2D eigenvalue weighted by Crippen LogP contribution is -2.37. The fourth-order valence-corrected chi connectivity index (χ4v) is 2.32. The van der Waals surface area contributed by atoms with E-state index in [0.29, 0.717) is 5.41 Å². The molecule has 0 spiro atoms. The van der Waals surface area contributed by atoms with Gasteiger partial charge < -0.3 is 4.90 Å². The first-order chi connectivity index (χ1) is 6.38. The maximum atomic E-state index is 11.1. The van der Waals surface area contributed by atoms with E-state index in [4.69, 9.17) is 0 Å². The summed E-state index contributed by atoms with van der Waals surface area (Å²) in [6.45, 7) is 10.5. The van der Waals surface area contributed by atoms with Gasteiger partial charge in [0.15, 0.2) is 0 Å². The minimum absolute atomic E-state index is 0.235. The molecule has 1 aliphatic heterocycles. The first-order valence-electron chi connectivity index (χ1n) is 5.64. The van der Waals surface area contributed by atoms with Crippen LogP contribution in [0, 0.1) is 11.3 Å². The SMILES string of the molecule is CC(=O)N1CCC(CC(C)(C)C)CC1. The van der Waals surface area contributed by atoms with Crippen LogP contribution in [0.5, 0.6) is 0 Å². The molecule has 14 heavy (non-hydrogen) atoms. The number of carbonyl (C=O) groups excluding carboxylic acids is 1. The molecule has 0 bridgehead atoms. The summed E-state index contributed by atoms with van der Waals surface area (Å²) in [6.07, 6.45) is 3.67. The third kappa shape index (κ3) is 3.69. The second kappa shape index (κ2) is 4.33. The number of hydrogen-bond donors (Lipinski definition) is 0. The Morgan fingerprint density at radius 1 is 1.29 bits per heavy atom. The maximum absolute atomic E-state index is 11.1. The van der Waals surface area contributed by atoms with Crippen LogP contribution in [-0.2, 0) is 4.79 Å². The Hall–Kier alpha value is -0.530. The minimum atomic E-state index is 0.235. The summed E-state index contributed by atoms with van der Waals surface area (Å²) < 4.78 is 0. The number of amides is 1. The van der Waals surface area contributed by atoms with Crippen LogP contribution in [0.4, 0.5) is 0 Å². The van der Waals surface area contributed by atoms with Crippen LogP contribution in [-0.4, -0.2) is 23.9 Å². The Labute approximate surface area is 87.7 Å². The number of likely N-dealkylation sites (tertiary alicyclic amines) is 1. The van der Waals surface area contributed by atoms with E-state index in [-0.39, 0.29) is 5.91 Å². The standard InChI is InChI=1S/C12H23NO/c1-10(14)13-7-5-11(6-8-13)9-12(2,3)4/h11H,5-9H2,1-4H3. The lowest BCUT2D eigenvalue weighted by molar-refractivity contribution is -0.130. The number of carbonyl (C=O) groups is 1. The summed E-state index contributed by atoms with van der Waals surface area (Å²) in [4.78, 5) is 13.1. The van der Waals surface area contributed by atoms with Crippen LogP contribution in [0.3, 0.4) is 0 Å². The zero-order chi connectivity index (χ0) is 10.8. The molecule has 0 N–H and O–H groups in total. The van der Waals surface area contributed by atoms with Gasteiger partial charge in [0.2, 0.25) is 5.91 Å². The third-order valence-electron chi connectivity index (χ3n) is 2.96. The quantitative estimate of drug-likeness (QED) is 0.633. The molecular weight excluding hydrogens is 174 g/mol. The molecule has 0 aliphatic carbocycles. The summed E-state index contributed by atoms with van der Waals surface area (Å²) in [5.41, 5.74) is 0.434. The number of hydrogen-bond acceptors (Lipinski definition) is 1. The summed E-state index contributed by atoms with van der Waals surface area (Å²) in [7, 11) is 0. The molecule has 1 amide bonds. The summed E-state index contributed by atoms with van der Waals surface area (Å²) in [5, 5.41) is 0. The molecule has 1 heterocycles.